The van der Waals surface area contributed by atoms with Gasteiger partial charge in [0, 0.05) is 26.7 Å². The maximum Gasteiger partial charge on any atom is 0.408 e. The van der Waals surface area contributed by atoms with E-state index in [0.29, 0.717) is 25.0 Å². The maximum atomic E-state index is 12.0. The topological polar surface area (TPSA) is 121 Å². The standard InChI is InChI=1S/C18H37N5O4S/c1-17(2,3)27-16(24)23-18(4,5)13-21-15(19-6)20-10-11-28(25,26)22-12-14-8-7-9-14/h14,22H,7-13H2,1-6H3,(H,23,24)(H2,19,20,21). The van der Waals surface area contributed by atoms with Crippen molar-refractivity contribution in [2.75, 3.05) is 32.4 Å². The number of nitrogens with one attached hydrogen (secondary N) is 4. The Balaban J connectivity index is 2.34. The van der Waals surface area contributed by atoms with Crippen molar-refractivity contribution in [1.29, 1.82) is 0 Å². The number of hydrogen-bond acceptors (Lipinski definition) is 5. The van der Waals surface area contributed by atoms with Crippen LogP contribution in [0.2, 0.25) is 0 Å². The van der Waals surface area contributed by atoms with Crippen molar-refractivity contribution in [3.05, 3.63) is 0 Å². The summed E-state index contributed by atoms with van der Waals surface area (Å²) in [6.07, 6.45) is 2.90. The van der Waals surface area contributed by atoms with Crippen LogP contribution in [0.15, 0.2) is 4.99 Å². The molecule has 0 saturated heterocycles. The second-order valence-electron chi connectivity index (χ2n) is 8.83. The molecule has 0 aromatic heterocycles. The number of carbonyl (C=O) groups excluding carboxylic acids is 1. The Labute approximate surface area is 169 Å². The van der Waals surface area contributed by atoms with Crippen LogP contribution in [0.25, 0.3) is 0 Å². The zero-order chi connectivity index (χ0) is 21.4. The second kappa shape index (κ2) is 10.3. The number of ether oxygens (including phenoxy) is 1. The molecule has 1 aliphatic carbocycles. The highest BCUT2D eigenvalue weighted by molar-refractivity contribution is 7.89. The third kappa shape index (κ3) is 10.7. The van der Waals surface area contributed by atoms with Crippen LogP contribution < -0.4 is 20.7 Å². The van der Waals surface area contributed by atoms with Crippen LogP contribution in [0.3, 0.4) is 0 Å². The van der Waals surface area contributed by atoms with Gasteiger partial charge in [0.05, 0.1) is 11.3 Å². The lowest BCUT2D eigenvalue weighted by molar-refractivity contribution is 0.0474. The Morgan fingerprint density at radius 3 is 2.29 bits per heavy atom. The number of carbonyl (C=O) groups is 1. The highest BCUT2D eigenvalue weighted by Gasteiger charge is 2.25. The smallest absolute Gasteiger partial charge is 0.408 e. The first-order valence-electron chi connectivity index (χ1n) is 9.75. The van der Waals surface area contributed by atoms with Gasteiger partial charge in [0.2, 0.25) is 10.0 Å². The number of guanidine groups is 1. The first-order chi connectivity index (χ1) is 12.8. The number of aliphatic imine (C=N–C) groups is 1. The van der Waals surface area contributed by atoms with Crippen LogP contribution in [0.5, 0.6) is 0 Å². The molecule has 0 aliphatic heterocycles. The molecule has 1 amide bonds. The van der Waals surface area contributed by atoms with E-state index in [1.165, 1.54) is 6.42 Å². The van der Waals surface area contributed by atoms with E-state index in [1.807, 2.05) is 13.8 Å². The van der Waals surface area contributed by atoms with E-state index in [9.17, 15) is 13.2 Å². The van der Waals surface area contributed by atoms with Crippen molar-refractivity contribution >= 4 is 22.1 Å². The first kappa shape index (κ1) is 24.5. The van der Waals surface area contributed by atoms with Gasteiger partial charge in [0.25, 0.3) is 0 Å². The van der Waals surface area contributed by atoms with Gasteiger partial charge in [-0.3, -0.25) is 4.99 Å². The fraction of sp³-hybridized carbons (Fsp3) is 0.889. The van der Waals surface area contributed by atoms with Crippen molar-refractivity contribution in [1.82, 2.24) is 20.7 Å². The van der Waals surface area contributed by atoms with Crippen molar-refractivity contribution < 1.29 is 17.9 Å². The van der Waals surface area contributed by atoms with Gasteiger partial charge in [0.15, 0.2) is 5.96 Å². The normalized spacial score (nSPS) is 16.3. The zero-order valence-electron chi connectivity index (χ0n) is 18.0. The average molecular weight is 420 g/mol. The van der Waals surface area contributed by atoms with Crippen LogP contribution in [-0.4, -0.2) is 64.0 Å². The van der Waals surface area contributed by atoms with Crippen molar-refractivity contribution in [2.24, 2.45) is 10.9 Å². The number of alkyl carbamates (subject to hydrolysis) is 1. The molecule has 1 fully saturated rings. The average Bonchev–Trinajstić information content (AvgIpc) is 2.46. The van der Waals surface area contributed by atoms with Crippen LogP contribution in [0.1, 0.15) is 53.9 Å². The van der Waals surface area contributed by atoms with Gasteiger partial charge in [-0.2, -0.15) is 0 Å². The van der Waals surface area contributed by atoms with E-state index in [1.54, 1.807) is 27.8 Å². The molecular weight excluding hydrogens is 382 g/mol. The Morgan fingerprint density at radius 2 is 1.79 bits per heavy atom. The number of hydrogen-bond donors (Lipinski definition) is 4. The Hall–Kier alpha value is -1.55. The molecule has 28 heavy (non-hydrogen) atoms. The van der Waals surface area contributed by atoms with Gasteiger partial charge in [-0.15, -0.1) is 0 Å². The van der Waals surface area contributed by atoms with Crippen molar-refractivity contribution in [3.8, 4) is 0 Å². The quantitative estimate of drug-likeness (QED) is 0.329. The molecule has 10 heteroatoms. The first-order valence-corrected chi connectivity index (χ1v) is 11.4. The number of sulfonamides is 1. The fourth-order valence-electron chi connectivity index (χ4n) is 2.47. The van der Waals surface area contributed by atoms with Crippen LogP contribution in [0, 0.1) is 5.92 Å². The summed E-state index contributed by atoms with van der Waals surface area (Å²) in [5.41, 5.74) is -1.15. The van der Waals surface area contributed by atoms with Crippen molar-refractivity contribution in [2.45, 2.75) is 65.0 Å². The summed E-state index contributed by atoms with van der Waals surface area (Å²) in [6, 6.07) is 0. The second-order valence-corrected chi connectivity index (χ2v) is 10.8. The van der Waals surface area contributed by atoms with Gasteiger partial charge in [-0.1, -0.05) is 6.42 Å². The molecule has 1 aliphatic rings. The van der Waals surface area contributed by atoms with Gasteiger partial charge >= 0.3 is 6.09 Å². The third-order valence-corrected chi connectivity index (χ3v) is 5.59. The lowest BCUT2D eigenvalue weighted by atomic mass is 9.86. The minimum Gasteiger partial charge on any atom is -0.444 e. The van der Waals surface area contributed by atoms with Gasteiger partial charge in [0.1, 0.15) is 5.60 Å². The van der Waals surface area contributed by atoms with E-state index < -0.39 is 27.3 Å². The number of nitrogens with zero attached hydrogens (tertiary/aromatic N) is 1. The summed E-state index contributed by atoms with van der Waals surface area (Å²) >= 11 is 0. The summed E-state index contributed by atoms with van der Waals surface area (Å²) < 4.78 is 32.0. The Kier molecular flexibility index (Phi) is 9.00. The minimum absolute atomic E-state index is 0.0278. The van der Waals surface area contributed by atoms with Gasteiger partial charge in [-0.25, -0.2) is 17.9 Å². The molecule has 0 aromatic carbocycles. The fourth-order valence-corrected chi connectivity index (χ4v) is 3.47. The molecule has 164 valence electrons. The Bertz CT molecular complexity index is 637. The lowest BCUT2D eigenvalue weighted by Gasteiger charge is -2.29. The third-order valence-electron chi connectivity index (χ3n) is 4.24. The van der Waals surface area contributed by atoms with Crippen LogP contribution in [-0.2, 0) is 14.8 Å². The maximum absolute atomic E-state index is 12.0. The molecule has 0 aromatic rings. The molecule has 1 saturated carbocycles. The van der Waals surface area contributed by atoms with Crippen molar-refractivity contribution in [3.63, 3.8) is 0 Å². The highest BCUT2D eigenvalue weighted by atomic mass is 32.2. The summed E-state index contributed by atoms with van der Waals surface area (Å²) in [7, 11) is -1.70. The van der Waals surface area contributed by atoms with E-state index in [-0.39, 0.29) is 12.3 Å². The molecule has 0 atom stereocenters. The molecule has 1 rings (SSSR count). The predicted octanol–water partition coefficient (Wildman–Crippen LogP) is 1.17. The Morgan fingerprint density at radius 1 is 1.14 bits per heavy atom. The predicted molar refractivity (Wildman–Crippen MR) is 112 cm³/mol. The summed E-state index contributed by atoms with van der Waals surface area (Å²) in [5.74, 6) is 0.921. The lowest BCUT2D eigenvalue weighted by Crippen LogP contribution is -2.54. The zero-order valence-corrected chi connectivity index (χ0v) is 18.8. The molecule has 0 spiro atoms. The number of rotatable bonds is 9. The largest absolute Gasteiger partial charge is 0.444 e. The van der Waals surface area contributed by atoms with Gasteiger partial charge < -0.3 is 20.7 Å². The summed E-state index contributed by atoms with van der Waals surface area (Å²) in [5, 5.41) is 8.87. The van der Waals surface area contributed by atoms with E-state index in [0.717, 1.165) is 12.8 Å². The van der Waals surface area contributed by atoms with E-state index in [2.05, 4.69) is 25.7 Å². The summed E-state index contributed by atoms with van der Waals surface area (Å²) in [6.45, 7) is 10.3. The molecule has 0 radical (unpaired) electrons. The van der Waals surface area contributed by atoms with Crippen LogP contribution >= 0.6 is 0 Å². The van der Waals surface area contributed by atoms with Gasteiger partial charge in [-0.05, 0) is 53.4 Å². The van der Waals surface area contributed by atoms with E-state index >= 15 is 0 Å². The van der Waals surface area contributed by atoms with Crippen LogP contribution in [0.4, 0.5) is 4.79 Å². The molecular formula is C18H37N5O4S. The molecule has 9 nitrogen and oxygen atoms in total. The molecule has 4 N–H and O–H groups in total. The SMILES string of the molecule is CN=C(NCCS(=O)(=O)NCC1CCC1)NCC(C)(C)NC(=O)OC(C)(C)C. The minimum atomic E-state index is -3.30. The summed E-state index contributed by atoms with van der Waals surface area (Å²) in [4.78, 5) is 16.0. The monoisotopic (exact) mass is 419 g/mol. The molecule has 0 bridgehead atoms. The highest BCUT2D eigenvalue weighted by Crippen LogP contribution is 2.25. The number of amides is 1. The molecule has 0 unspecified atom stereocenters. The van der Waals surface area contributed by atoms with E-state index in [4.69, 9.17) is 4.74 Å². The molecule has 0 heterocycles.